The Balaban J connectivity index is 1.40. The largest absolute Gasteiger partial charge is 0.385 e. The maximum Gasteiger partial charge on any atom is 0.0741 e. The van der Waals surface area contributed by atoms with Gasteiger partial charge in [-0.25, -0.2) is 4.68 Å². The summed E-state index contributed by atoms with van der Waals surface area (Å²) in [5, 5.41) is 14.4. The first kappa shape index (κ1) is 19.4. The van der Waals surface area contributed by atoms with Gasteiger partial charge in [-0.15, -0.1) is 0 Å². The molecule has 2 aliphatic rings. The van der Waals surface area contributed by atoms with Crippen LogP contribution < -0.4 is 5.32 Å². The number of benzene rings is 2. The van der Waals surface area contributed by atoms with Crippen molar-refractivity contribution in [2.75, 3.05) is 6.54 Å². The predicted octanol–water partition coefficient (Wildman–Crippen LogP) is 5.90. The molecule has 6 rings (SSSR count). The second-order valence-corrected chi connectivity index (χ2v) is 8.92. The normalized spacial score (nSPS) is 16.6. The van der Waals surface area contributed by atoms with Gasteiger partial charge in [-0.05, 0) is 55.5 Å². The monoisotopic (exact) mass is 423 g/mol. The topological polar surface area (TPSA) is 47.7 Å². The molecular weight excluding hydrogens is 394 g/mol. The molecule has 5 heteroatoms. The lowest BCUT2D eigenvalue weighted by molar-refractivity contribution is 0.478. The molecule has 2 aromatic carbocycles. The molecule has 5 nitrogen and oxygen atoms in total. The van der Waals surface area contributed by atoms with Crippen LogP contribution in [0.1, 0.15) is 56.3 Å². The molecule has 0 saturated heterocycles. The van der Waals surface area contributed by atoms with Crippen LogP contribution in [-0.4, -0.2) is 26.1 Å². The number of nitrogens with one attached hydrogen (secondary N) is 1. The summed E-state index contributed by atoms with van der Waals surface area (Å²) in [5.41, 5.74) is 8.29. The van der Waals surface area contributed by atoms with E-state index < -0.39 is 0 Å². The highest BCUT2D eigenvalue weighted by Crippen LogP contribution is 2.35. The molecule has 1 aliphatic carbocycles. The Hall–Kier alpha value is -3.34. The predicted molar refractivity (Wildman–Crippen MR) is 130 cm³/mol. The van der Waals surface area contributed by atoms with Crippen molar-refractivity contribution in [2.24, 2.45) is 0 Å². The van der Waals surface area contributed by atoms with Gasteiger partial charge in [-0.1, -0.05) is 50.1 Å². The Morgan fingerprint density at radius 2 is 1.81 bits per heavy atom. The highest BCUT2D eigenvalue weighted by Gasteiger charge is 2.22. The Morgan fingerprint density at radius 1 is 1.00 bits per heavy atom. The molecule has 1 saturated carbocycles. The van der Waals surface area contributed by atoms with E-state index in [2.05, 4.69) is 76.6 Å². The van der Waals surface area contributed by atoms with Crippen LogP contribution in [0, 0.1) is 0 Å². The molecule has 2 aromatic heterocycles. The van der Waals surface area contributed by atoms with Crippen LogP contribution >= 0.6 is 0 Å². The molecule has 0 bridgehead atoms. The van der Waals surface area contributed by atoms with Crippen molar-refractivity contribution in [2.45, 2.75) is 51.5 Å². The van der Waals surface area contributed by atoms with Crippen molar-refractivity contribution in [3.8, 4) is 16.9 Å². The van der Waals surface area contributed by atoms with E-state index in [0.717, 1.165) is 30.8 Å². The van der Waals surface area contributed by atoms with Gasteiger partial charge in [0.1, 0.15) is 0 Å². The van der Waals surface area contributed by atoms with E-state index in [1.807, 2.05) is 10.9 Å². The summed E-state index contributed by atoms with van der Waals surface area (Å²) in [7, 11) is 0. The fourth-order valence-corrected chi connectivity index (χ4v) is 5.28. The van der Waals surface area contributed by atoms with E-state index in [9.17, 15) is 0 Å². The lowest BCUT2D eigenvalue weighted by Gasteiger charge is -2.13. The number of hydrogen-bond acceptors (Lipinski definition) is 3. The second kappa shape index (κ2) is 7.97. The maximum atomic E-state index is 5.02. The molecule has 1 N–H and O–H groups in total. The third-order valence-corrected chi connectivity index (χ3v) is 6.96. The van der Waals surface area contributed by atoms with Crippen LogP contribution in [-0.2, 0) is 6.42 Å². The van der Waals surface area contributed by atoms with Gasteiger partial charge < -0.3 is 5.32 Å². The molecule has 3 heterocycles. The lowest BCUT2D eigenvalue weighted by Crippen LogP contribution is -2.07. The van der Waals surface area contributed by atoms with Crippen LogP contribution in [0.15, 0.2) is 60.8 Å². The summed E-state index contributed by atoms with van der Waals surface area (Å²) in [5.74, 6) is 0. The fourth-order valence-electron chi connectivity index (χ4n) is 5.28. The van der Waals surface area contributed by atoms with Gasteiger partial charge in [0.2, 0.25) is 0 Å². The molecule has 0 spiro atoms. The summed E-state index contributed by atoms with van der Waals surface area (Å²) in [6.07, 6.45) is 11.3. The standard InChI is InChI=1S/C27H29N5/c1-2-24-23-14-11-20(18-27(23)32(30-24)21-6-3-4-7-21)26-15-17-29-31(26)22-12-9-19(10-13-22)25-8-5-16-28-25/h8-15,17-18,21,28H,2-7,16H2,1H3. The van der Waals surface area contributed by atoms with Crippen LogP contribution in [0.4, 0.5) is 0 Å². The minimum Gasteiger partial charge on any atom is -0.385 e. The number of hydrogen-bond donors (Lipinski definition) is 1. The van der Waals surface area contributed by atoms with Crippen LogP contribution in [0.5, 0.6) is 0 Å². The lowest BCUT2D eigenvalue weighted by atomic mass is 10.1. The summed E-state index contributed by atoms with van der Waals surface area (Å²) in [4.78, 5) is 0. The summed E-state index contributed by atoms with van der Waals surface area (Å²) in [6, 6.07) is 18.1. The average molecular weight is 424 g/mol. The molecular formula is C27H29N5. The summed E-state index contributed by atoms with van der Waals surface area (Å²) >= 11 is 0. The zero-order valence-corrected chi connectivity index (χ0v) is 18.6. The van der Waals surface area contributed by atoms with E-state index in [1.165, 1.54) is 59.1 Å². The molecule has 32 heavy (non-hydrogen) atoms. The van der Waals surface area contributed by atoms with Gasteiger partial charge in [-0.3, -0.25) is 4.68 Å². The molecule has 0 atom stereocenters. The Morgan fingerprint density at radius 3 is 2.56 bits per heavy atom. The molecule has 4 aromatic rings. The van der Waals surface area contributed by atoms with Crippen molar-refractivity contribution in [3.05, 3.63) is 72.1 Å². The van der Waals surface area contributed by atoms with Gasteiger partial charge >= 0.3 is 0 Å². The first-order chi connectivity index (χ1) is 15.8. The molecule has 0 radical (unpaired) electrons. The SMILES string of the molecule is CCc1nn(C2CCCC2)c2cc(-c3ccnn3-c3ccc(C4=CCCN4)cc3)ccc12. The minimum atomic E-state index is 0.531. The van der Waals surface area contributed by atoms with E-state index >= 15 is 0 Å². The first-order valence-corrected chi connectivity index (χ1v) is 11.9. The highest BCUT2D eigenvalue weighted by atomic mass is 15.3. The quantitative estimate of drug-likeness (QED) is 0.435. The van der Waals surface area contributed by atoms with Gasteiger partial charge in [-0.2, -0.15) is 10.2 Å². The number of aryl methyl sites for hydroxylation is 1. The average Bonchev–Trinajstić information content (AvgIpc) is 3.64. The van der Waals surface area contributed by atoms with Crippen molar-refractivity contribution in [1.29, 1.82) is 0 Å². The fraction of sp³-hybridized carbons (Fsp3) is 0.333. The molecule has 0 unspecified atom stereocenters. The van der Waals surface area contributed by atoms with Crippen LogP contribution in [0.25, 0.3) is 33.5 Å². The van der Waals surface area contributed by atoms with Gasteiger partial charge in [0.05, 0.1) is 34.8 Å². The van der Waals surface area contributed by atoms with Gasteiger partial charge in [0, 0.05) is 23.2 Å². The molecule has 1 fully saturated rings. The third-order valence-electron chi connectivity index (χ3n) is 6.96. The summed E-state index contributed by atoms with van der Waals surface area (Å²) < 4.78 is 4.35. The molecule has 162 valence electrons. The van der Waals surface area contributed by atoms with Gasteiger partial charge in [0.15, 0.2) is 0 Å². The van der Waals surface area contributed by atoms with Crippen LogP contribution in [0.3, 0.4) is 0 Å². The van der Waals surface area contributed by atoms with Crippen LogP contribution in [0.2, 0.25) is 0 Å². The Labute approximate surface area is 188 Å². The number of rotatable bonds is 5. The maximum absolute atomic E-state index is 5.02. The second-order valence-electron chi connectivity index (χ2n) is 8.92. The van der Waals surface area contributed by atoms with Gasteiger partial charge in [0.25, 0.3) is 0 Å². The smallest absolute Gasteiger partial charge is 0.0741 e. The zero-order chi connectivity index (χ0) is 21.5. The highest BCUT2D eigenvalue weighted by molar-refractivity contribution is 5.86. The zero-order valence-electron chi connectivity index (χ0n) is 18.6. The van der Waals surface area contributed by atoms with Crippen molar-refractivity contribution in [1.82, 2.24) is 24.9 Å². The molecule has 1 aliphatic heterocycles. The summed E-state index contributed by atoms with van der Waals surface area (Å²) in [6.45, 7) is 3.23. The number of fused-ring (bicyclic) bond motifs is 1. The minimum absolute atomic E-state index is 0.531. The third kappa shape index (κ3) is 3.24. The van der Waals surface area contributed by atoms with E-state index in [1.54, 1.807) is 0 Å². The molecule has 0 amide bonds. The van der Waals surface area contributed by atoms with Crippen molar-refractivity contribution < 1.29 is 0 Å². The van der Waals surface area contributed by atoms with E-state index in [4.69, 9.17) is 5.10 Å². The van der Waals surface area contributed by atoms with Crippen molar-refractivity contribution in [3.63, 3.8) is 0 Å². The first-order valence-electron chi connectivity index (χ1n) is 11.9. The Kier molecular flexibility index (Phi) is 4.82. The van der Waals surface area contributed by atoms with E-state index in [0.29, 0.717) is 6.04 Å². The van der Waals surface area contributed by atoms with E-state index in [-0.39, 0.29) is 0 Å². The van der Waals surface area contributed by atoms with Crippen molar-refractivity contribution >= 4 is 16.6 Å². The Bertz CT molecular complexity index is 1290. The number of nitrogens with zero attached hydrogens (tertiary/aromatic N) is 4. The number of aromatic nitrogens is 4.